The Morgan fingerprint density at radius 2 is 1.95 bits per heavy atom. The number of hydrogen-bond acceptors (Lipinski definition) is 4. The molecule has 6 heteroatoms. The highest BCUT2D eigenvalue weighted by Gasteiger charge is 2.17. The molecule has 1 aromatic heterocycles. The molecule has 0 fully saturated rings. The fourth-order valence-electron chi connectivity index (χ4n) is 2.68. The van der Waals surface area contributed by atoms with Crippen LogP contribution in [0.2, 0.25) is 10.0 Å². The second-order valence-electron chi connectivity index (χ2n) is 5.18. The molecular weight excluding hydrogens is 307 g/mol. The van der Waals surface area contributed by atoms with Gasteiger partial charge in [0.05, 0.1) is 0 Å². The first-order valence-corrected chi connectivity index (χ1v) is 7.72. The second kappa shape index (κ2) is 6.18. The zero-order valence-electron chi connectivity index (χ0n) is 11.5. The van der Waals surface area contributed by atoms with Crippen molar-refractivity contribution in [3.63, 3.8) is 0 Å². The number of fused-ring (bicyclic) bond motifs is 1. The zero-order chi connectivity index (χ0) is 14.8. The first-order chi connectivity index (χ1) is 10.2. The molecule has 3 N–H and O–H groups in total. The lowest BCUT2D eigenvalue weighted by Crippen LogP contribution is -2.18. The van der Waals surface area contributed by atoms with E-state index in [1.54, 1.807) is 6.07 Å². The maximum Gasteiger partial charge on any atom is 0.147 e. The number of hydrazine groups is 1. The van der Waals surface area contributed by atoms with Crippen LogP contribution in [0.25, 0.3) is 0 Å². The molecule has 0 spiro atoms. The molecule has 0 atom stereocenters. The van der Waals surface area contributed by atoms with Crippen molar-refractivity contribution in [3.05, 3.63) is 50.9 Å². The van der Waals surface area contributed by atoms with Gasteiger partial charge >= 0.3 is 0 Å². The monoisotopic (exact) mass is 322 g/mol. The average molecular weight is 323 g/mol. The third-order valence-corrected chi connectivity index (χ3v) is 4.32. The van der Waals surface area contributed by atoms with Gasteiger partial charge in [0.1, 0.15) is 11.6 Å². The van der Waals surface area contributed by atoms with E-state index in [9.17, 15) is 0 Å². The van der Waals surface area contributed by atoms with Crippen molar-refractivity contribution < 1.29 is 0 Å². The molecule has 1 heterocycles. The minimum absolute atomic E-state index is 0.567. The molecule has 3 rings (SSSR count). The Kier molecular flexibility index (Phi) is 4.29. The van der Waals surface area contributed by atoms with Crippen LogP contribution in [0.5, 0.6) is 0 Å². The van der Waals surface area contributed by atoms with Gasteiger partial charge in [-0.25, -0.2) is 15.8 Å². The smallest absolute Gasteiger partial charge is 0.147 e. The maximum atomic E-state index is 6.22. The van der Waals surface area contributed by atoms with E-state index in [2.05, 4.69) is 15.4 Å². The van der Waals surface area contributed by atoms with Crippen LogP contribution in [0.4, 0.5) is 5.82 Å². The van der Waals surface area contributed by atoms with Gasteiger partial charge in [-0.05, 0) is 43.4 Å². The van der Waals surface area contributed by atoms with Gasteiger partial charge in [-0.1, -0.05) is 29.3 Å². The number of nitrogens with two attached hydrogens (primary N) is 1. The molecule has 0 saturated heterocycles. The highest BCUT2D eigenvalue weighted by atomic mass is 35.5. The van der Waals surface area contributed by atoms with Crippen LogP contribution in [-0.4, -0.2) is 9.97 Å². The summed E-state index contributed by atoms with van der Waals surface area (Å²) in [5.41, 5.74) is 5.91. The highest BCUT2D eigenvalue weighted by Crippen LogP contribution is 2.27. The quantitative estimate of drug-likeness (QED) is 0.670. The van der Waals surface area contributed by atoms with E-state index in [1.807, 2.05) is 12.1 Å². The molecule has 0 amide bonds. The number of nitrogens with zero attached hydrogens (tertiary/aromatic N) is 2. The molecule has 1 aromatic carbocycles. The van der Waals surface area contributed by atoms with Gasteiger partial charge < -0.3 is 5.43 Å². The lowest BCUT2D eigenvalue weighted by atomic mass is 9.96. The number of nitrogens with one attached hydrogen (secondary N) is 1. The summed E-state index contributed by atoms with van der Waals surface area (Å²) < 4.78 is 0. The molecule has 2 aromatic rings. The number of aromatic nitrogens is 2. The summed E-state index contributed by atoms with van der Waals surface area (Å²) in [5.74, 6) is 7.07. The summed E-state index contributed by atoms with van der Waals surface area (Å²) in [6.07, 6.45) is 4.85. The third-order valence-electron chi connectivity index (χ3n) is 3.73. The predicted octanol–water partition coefficient (Wildman–Crippen LogP) is 3.54. The van der Waals surface area contributed by atoms with Gasteiger partial charge in [0.15, 0.2) is 0 Å². The van der Waals surface area contributed by atoms with E-state index in [-0.39, 0.29) is 0 Å². The predicted molar refractivity (Wildman–Crippen MR) is 85.8 cm³/mol. The fraction of sp³-hybridized carbons (Fsp3) is 0.333. The number of benzene rings is 1. The topological polar surface area (TPSA) is 63.8 Å². The minimum atomic E-state index is 0.567. The summed E-state index contributed by atoms with van der Waals surface area (Å²) in [5, 5.41) is 1.26. The van der Waals surface area contributed by atoms with E-state index in [4.69, 9.17) is 29.0 Å². The van der Waals surface area contributed by atoms with Gasteiger partial charge in [0.25, 0.3) is 0 Å². The van der Waals surface area contributed by atoms with Crippen molar-refractivity contribution in [2.24, 2.45) is 5.84 Å². The number of anilines is 1. The standard InChI is InChI=1S/C15H16Cl2N4/c16-10-6-5-9(12(17)8-10)7-14-19-13-4-2-1-3-11(13)15(20-14)21-18/h5-6,8H,1-4,7,18H2,(H,19,20,21). The Labute approximate surface area is 133 Å². The van der Waals surface area contributed by atoms with Crippen molar-refractivity contribution in [2.45, 2.75) is 32.1 Å². The first kappa shape index (κ1) is 14.6. The molecule has 0 bridgehead atoms. The number of rotatable bonds is 3. The van der Waals surface area contributed by atoms with Crippen LogP contribution in [0.15, 0.2) is 18.2 Å². The number of hydrogen-bond donors (Lipinski definition) is 2. The third kappa shape index (κ3) is 3.12. The van der Waals surface area contributed by atoms with Crippen molar-refractivity contribution in [1.29, 1.82) is 0 Å². The van der Waals surface area contributed by atoms with Gasteiger partial charge in [-0.2, -0.15) is 0 Å². The van der Waals surface area contributed by atoms with Crippen LogP contribution in [-0.2, 0) is 19.3 Å². The Morgan fingerprint density at radius 1 is 1.14 bits per heavy atom. The lowest BCUT2D eigenvalue weighted by Gasteiger charge is -2.18. The minimum Gasteiger partial charge on any atom is -0.308 e. The molecule has 1 aliphatic carbocycles. The van der Waals surface area contributed by atoms with E-state index < -0.39 is 0 Å². The summed E-state index contributed by atoms with van der Waals surface area (Å²) >= 11 is 12.1. The number of nitrogen functional groups attached to an aromatic ring is 1. The summed E-state index contributed by atoms with van der Waals surface area (Å²) in [4.78, 5) is 9.21. The molecule has 110 valence electrons. The summed E-state index contributed by atoms with van der Waals surface area (Å²) in [7, 11) is 0. The van der Waals surface area contributed by atoms with E-state index in [0.29, 0.717) is 16.5 Å². The lowest BCUT2D eigenvalue weighted by molar-refractivity contribution is 0.657. The highest BCUT2D eigenvalue weighted by molar-refractivity contribution is 6.35. The summed E-state index contributed by atoms with van der Waals surface area (Å²) in [6, 6.07) is 5.46. The first-order valence-electron chi connectivity index (χ1n) is 6.96. The van der Waals surface area contributed by atoms with Crippen LogP contribution in [0.1, 0.15) is 35.5 Å². The second-order valence-corrected chi connectivity index (χ2v) is 6.02. The van der Waals surface area contributed by atoms with Crippen LogP contribution < -0.4 is 11.3 Å². The number of aryl methyl sites for hydroxylation is 1. The number of halogens is 2. The van der Waals surface area contributed by atoms with Gasteiger partial charge in [-0.15, -0.1) is 0 Å². The van der Waals surface area contributed by atoms with Crippen LogP contribution in [0.3, 0.4) is 0 Å². The van der Waals surface area contributed by atoms with Crippen LogP contribution >= 0.6 is 23.2 Å². The normalized spacial score (nSPS) is 13.9. The average Bonchev–Trinajstić information content (AvgIpc) is 2.49. The molecule has 0 unspecified atom stereocenters. The molecule has 0 saturated carbocycles. The SMILES string of the molecule is NNc1nc(Cc2ccc(Cl)cc2Cl)nc2c1CCCC2. The largest absolute Gasteiger partial charge is 0.308 e. The van der Waals surface area contributed by atoms with E-state index >= 15 is 0 Å². The molecule has 1 aliphatic rings. The molecule has 0 aliphatic heterocycles. The van der Waals surface area contributed by atoms with Crippen LogP contribution in [0, 0.1) is 0 Å². The molecule has 4 nitrogen and oxygen atoms in total. The maximum absolute atomic E-state index is 6.22. The summed E-state index contributed by atoms with van der Waals surface area (Å²) in [6.45, 7) is 0. The van der Waals surface area contributed by atoms with E-state index in [1.165, 1.54) is 0 Å². The Bertz CT molecular complexity index is 656. The van der Waals surface area contributed by atoms with Crippen molar-refractivity contribution in [1.82, 2.24) is 9.97 Å². The Morgan fingerprint density at radius 3 is 2.71 bits per heavy atom. The zero-order valence-corrected chi connectivity index (χ0v) is 13.0. The Hall–Kier alpha value is -1.36. The van der Waals surface area contributed by atoms with Gasteiger partial charge in [-0.3, -0.25) is 0 Å². The van der Waals surface area contributed by atoms with Crippen molar-refractivity contribution >= 4 is 29.0 Å². The molecule has 21 heavy (non-hydrogen) atoms. The van der Waals surface area contributed by atoms with Gasteiger partial charge in [0, 0.05) is 27.7 Å². The van der Waals surface area contributed by atoms with Crippen molar-refractivity contribution in [2.75, 3.05) is 5.43 Å². The van der Waals surface area contributed by atoms with E-state index in [0.717, 1.165) is 54.1 Å². The fourth-order valence-corrected chi connectivity index (χ4v) is 3.15. The Balaban J connectivity index is 1.95. The van der Waals surface area contributed by atoms with Crippen molar-refractivity contribution in [3.8, 4) is 0 Å². The molecule has 0 radical (unpaired) electrons. The van der Waals surface area contributed by atoms with Gasteiger partial charge in [0.2, 0.25) is 0 Å². The molecular formula is C15H16Cl2N4.